The van der Waals surface area contributed by atoms with Crippen LogP contribution in [0, 0.1) is 19.8 Å². The van der Waals surface area contributed by atoms with E-state index < -0.39 is 0 Å². The van der Waals surface area contributed by atoms with Gasteiger partial charge < -0.3 is 14.0 Å². The molecule has 1 unspecified atom stereocenters. The fraction of sp³-hybridized carbons (Fsp3) is 0.421. The first kappa shape index (κ1) is 17.4. The van der Waals surface area contributed by atoms with Crippen molar-refractivity contribution in [2.24, 2.45) is 5.92 Å². The number of amides is 1. The number of imidazole rings is 1. The summed E-state index contributed by atoms with van der Waals surface area (Å²) in [5, 5.41) is 4.00. The molecular formula is C19H22N6O2. The lowest BCUT2D eigenvalue weighted by Gasteiger charge is -2.16. The van der Waals surface area contributed by atoms with Crippen LogP contribution in [0.1, 0.15) is 23.6 Å². The molecule has 1 atom stereocenters. The standard InChI is InChI=1S/C19H22N6O2/c1-13-19(14(2)27-23-13)17-8-16(21-11-22-17)7-15-3-5-25(9-15)18(26)10-24-6-4-20-12-24/h4,6,8,11-12,15H,3,5,7,9-10H2,1-2H3. The maximum absolute atomic E-state index is 12.4. The number of rotatable bonds is 5. The highest BCUT2D eigenvalue weighted by molar-refractivity contribution is 5.76. The molecule has 0 aliphatic carbocycles. The molecule has 0 aromatic carbocycles. The maximum Gasteiger partial charge on any atom is 0.242 e. The van der Waals surface area contributed by atoms with Crippen LogP contribution in [0.15, 0.2) is 35.6 Å². The minimum Gasteiger partial charge on any atom is -0.361 e. The number of carbonyl (C=O) groups excluding carboxylic acids is 1. The van der Waals surface area contributed by atoms with Crippen molar-refractivity contribution in [2.75, 3.05) is 13.1 Å². The van der Waals surface area contributed by atoms with Gasteiger partial charge in [-0.05, 0) is 38.7 Å². The third-order valence-corrected chi connectivity index (χ3v) is 5.03. The van der Waals surface area contributed by atoms with Crippen molar-refractivity contribution < 1.29 is 9.32 Å². The topological polar surface area (TPSA) is 89.9 Å². The number of aryl methyl sites for hydroxylation is 2. The van der Waals surface area contributed by atoms with Crippen LogP contribution in [0.3, 0.4) is 0 Å². The molecule has 8 nitrogen and oxygen atoms in total. The fourth-order valence-corrected chi connectivity index (χ4v) is 3.65. The lowest BCUT2D eigenvalue weighted by Crippen LogP contribution is -2.31. The molecule has 0 saturated carbocycles. The molecule has 1 fully saturated rings. The Labute approximate surface area is 157 Å². The Bertz CT molecular complexity index is 914. The van der Waals surface area contributed by atoms with Gasteiger partial charge >= 0.3 is 0 Å². The van der Waals surface area contributed by atoms with E-state index in [9.17, 15) is 4.79 Å². The quantitative estimate of drug-likeness (QED) is 0.686. The van der Waals surface area contributed by atoms with Crippen LogP contribution in [0.25, 0.3) is 11.3 Å². The van der Waals surface area contributed by atoms with Gasteiger partial charge in [-0.3, -0.25) is 4.79 Å². The van der Waals surface area contributed by atoms with Gasteiger partial charge in [-0.15, -0.1) is 0 Å². The molecule has 0 spiro atoms. The Kier molecular flexibility index (Phi) is 4.70. The van der Waals surface area contributed by atoms with Crippen LogP contribution in [0.4, 0.5) is 0 Å². The summed E-state index contributed by atoms with van der Waals surface area (Å²) >= 11 is 0. The van der Waals surface area contributed by atoms with Gasteiger partial charge in [-0.2, -0.15) is 0 Å². The largest absolute Gasteiger partial charge is 0.361 e. The van der Waals surface area contributed by atoms with Gasteiger partial charge in [0, 0.05) is 31.2 Å². The minimum absolute atomic E-state index is 0.134. The molecular weight excluding hydrogens is 344 g/mol. The summed E-state index contributed by atoms with van der Waals surface area (Å²) < 4.78 is 7.05. The molecule has 27 heavy (non-hydrogen) atoms. The Morgan fingerprint density at radius 1 is 1.33 bits per heavy atom. The van der Waals surface area contributed by atoms with Crippen LogP contribution in [0.5, 0.6) is 0 Å². The lowest BCUT2D eigenvalue weighted by atomic mass is 10.0. The smallest absolute Gasteiger partial charge is 0.242 e. The summed E-state index contributed by atoms with van der Waals surface area (Å²) in [6.07, 6.45) is 8.57. The third kappa shape index (κ3) is 3.74. The van der Waals surface area contributed by atoms with Gasteiger partial charge in [0.25, 0.3) is 0 Å². The average Bonchev–Trinajstić information content (AvgIpc) is 3.38. The van der Waals surface area contributed by atoms with E-state index in [-0.39, 0.29) is 5.91 Å². The molecule has 0 radical (unpaired) electrons. The van der Waals surface area contributed by atoms with Gasteiger partial charge in [-0.1, -0.05) is 5.16 Å². The van der Waals surface area contributed by atoms with E-state index in [1.165, 1.54) is 0 Å². The van der Waals surface area contributed by atoms with Crippen molar-refractivity contribution in [3.05, 3.63) is 48.3 Å². The summed E-state index contributed by atoms with van der Waals surface area (Å²) in [7, 11) is 0. The maximum atomic E-state index is 12.4. The molecule has 0 N–H and O–H groups in total. The van der Waals surface area contributed by atoms with Gasteiger partial charge in [-0.25, -0.2) is 15.0 Å². The summed E-state index contributed by atoms with van der Waals surface area (Å²) in [5.74, 6) is 1.30. The summed E-state index contributed by atoms with van der Waals surface area (Å²) in [6.45, 7) is 5.70. The van der Waals surface area contributed by atoms with E-state index in [0.717, 1.165) is 54.3 Å². The Balaban J connectivity index is 1.40. The molecule has 3 aromatic rings. The lowest BCUT2D eigenvalue weighted by molar-refractivity contribution is -0.130. The van der Waals surface area contributed by atoms with Gasteiger partial charge in [0.1, 0.15) is 18.6 Å². The first-order valence-corrected chi connectivity index (χ1v) is 9.08. The van der Waals surface area contributed by atoms with Crippen LogP contribution >= 0.6 is 0 Å². The zero-order valence-corrected chi connectivity index (χ0v) is 15.5. The molecule has 1 saturated heterocycles. The number of likely N-dealkylation sites (tertiary alicyclic amines) is 1. The second-order valence-electron chi connectivity index (χ2n) is 7.03. The Morgan fingerprint density at radius 3 is 2.96 bits per heavy atom. The number of aromatic nitrogens is 5. The van der Waals surface area contributed by atoms with Crippen LogP contribution in [-0.4, -0.2) is 48.6 Å². The van der Waals surface area contributed by atoms with E-state index in [2.05, 4.69) is 20.1 Å². The van der Waals surface area contributed by atoms with E-state index in [1.807, 2.05) is 31.0 Å². The molecule has 0 bridgehead atoms. The van der Waals surface area contributed by atoms with Crippen LogP contribution in [0.2, 0.25) is 0 Å². The monoisotopic (exact) mass is 366 g/mol. The van der Waals surface area contributed by atoms with Crippen LogP contribution < -0.4 is 0 Å². The Morgan fingerprint density at radius 2 is 2.22 bits per heavy atom. The predicted molar refractivity (Wildman–Crippen MR) is 97.6 cm³/mol. The minimum atomic E-state index is 0.134. The first-order valence-electron chi connectivity index (χ1n) is 9.08. The normalized spacial score (nSPS) is 16.8. The van der Waals surface area contributed by atoms with Crippen molar-refractivity contribution in [3.8, 4) is 11.3 Å². The number of hydrogen-bond acceptors (Lipinski definition) is 6. The number of carbonyl (C=O) groups is 1. The highest BCUT2D eigenvalue weighted by Crippen LogP contribution is 2.26. The zero-order valence-electron chi connectivity index (χ0n) is 15.5. The van der Waals surface area contributed by atoms with Gasteiger partial charge in [0.15, 0.2) is 0 Å². The van der Waals surface area contributed by atoms with E-state index in [0.29, 0.717) is 12.5 Å². The molecule has 8 heteroatoms. The fourth-order valence-electron chi connectivity index (χ4n) is 3.65. The molecule has 4 heterocycles. The summed E-state index contributed by atoms with van der Waals surface area (Å²) in [6, 6.07) is 2.00. The summed E-state index contributed by atoms with van der Waals surface area (Å²) in [4.78, 5) is 27.1. The molecule has 4 rings (SSSR count). The molecule has 1 amide bonds. The average molecular weight is 366 g/mol. The van der Waals surface area contributed by atoms with E-state index in [1.54, 1.807) is 23.4 Å². The number of nitrogens with zero attached hydrogens (tertiary/aromatic N) is 6. The predicted octanol–water partition coefficient (Wildman–Crippen LogP) is 2.04. The van der Waals surface area contributed by atoms with Crippen molar-refractivity contribution in [1.82, 2.24) is 29.6 Å². The third-order valence-electron chi connectivity index (χ3n) is 5.03. The van der Waals surface area contributed by atoms with Crippen molar-refractivity contribution in [3.63, 3.8) is 0 Å². The molecule has 3 aromatic heterocycles. The first-order chi connectivity index (χ1) is 13.1. The van der Waals surface area contributed by atoms with Crippen molar-refractivity contribution >= 4 is 5.91 Å². The van der Waals surface area contributed by atoms with Crippen LogP contribution in [-0.2, 0) is 17.8 Å². The zero-order chi connectivity index (χ0) is 18.8. The van der Waals surface area contributed by atoms with Gasteiger partial charge in [0.2, 0.25) is 5.91 Å². The second-order valence-corrected chi connectivity index (χ2v) is 7.03. The summed E-state index contributed by atoms with van der Waals surface area (Å²) in [5.41, 5.74) is 3.58. The SMILES string of the molecule is Cc1noc(C)c1-c1cc(CC2CCN(C(=O)Cn3ccnc3)C2)ncn1. The molecule has 1 aliphatic rings. The molecule has 1 aliphatic heterocycles. The highest BCUT2D eigenvalue weighted by atomic mass is 16.5. The highest BCUT2D eigenvalue weighted by Gasteiger charge is 2.27. The molecule has 140 valence electrons. The van der Waals surface area contributed by atoms with E-state index >= 15 is 0 Å². The van der Waals surface area contributed by atoms with E-state index in [4.69, 9.17) is 4.52 Å². The van der Waals surface area contributed by atoms with Gasteiger partial charge in [0.05, 0.1) is 23.3 Å². The van der Waals surface area contributed by atoms with Crippen molar-refractivity contribution in [2.45, 2.75) is 33.2 Å². The second kappa shape index (κ2) is 7.30. The number of hydrogen-bond donors (Lipinski definition) is 0. The Hall–Kier alpha value is -3.03. The van der Waals surface area contributed by atoms with Crippen molar-refractivity contribution in [1.29, 1.82) is 0 Å².